The predicted molar refractivity (Wildman–Crippen MR) is 83.5 cm³/mol. The average Bonchev–Trinajstić information content (AvgIpc) is 2.39. The number of rotatable bonds is 4. The molecule has 0 aliphatic rings. The van der Waals surface area contributed by atoms with Crippen molar-refractivity contribution in [2.75, 3.05) is 5.32 Å². The molecule has 0 spiro atoms. The highest BCUT2D eigenvalue weighted by Gasteiger charge is 2.21. The molecule has 104 valence electrons. The van der Waals surface area contributed by atoms with Gasteiger partial charge in [-0.2, -0.15) is 0 Å². The number of hydrogen-bond acceptors (Lipinski definition) is 2. The van der Waals surface area contributed by atoms with Crippen LogP contribution in [0.3, 0.4) is 0 Å². The highest BCUT2D eigenvalue weighted by Crippen LogP contribution is 2.32. The van der Waals surface area contributed by atoms with Gasteiger partial charge in [0.05, 0.1) is 10.0 Å². The van der Waals surface area contributed by atoms with Gasteiger partial charge in [-0.05, 0) is 24.3 Å². The minimum Gasteiger partial charge on any atom is -0.370 e. The minimum absolute atomic E-state index is 0.299. The zero-order valence-corrected chi connectivity index (χ0v) is 12.5. The van der Waals surface area contributed by atoms with Crippen molar-refractivity contribution >= 4 is 46.4 Å². The summed E-state index contributed by atoms with van der Waals surface area (Å²) in [5.41, 5.74) is 6.62. The van der Waals surface area contributed by atoms with Crippen LogP contribution in [0.25, 0.3) is 0 Å². The minimum atomic E-state index is -0.792. The summed E-state index contributed by atoms with van der Waals surface area (Å²) >= 11 is 18.0. The van der Waals surface area contributed by atoms with Crippen LogP contribution >= 0.6 is 34.8 Å². The van der Waals surface area contributed by atoms with Crippen molar-refractivity contribution in [2.24, 2.45) is 5.73 Å². The maximum absolute atomic E-state index is 11.7. The van der Waals surface area contributed by atoms with Crippen molar-refractivity contribution in [3.05, 3.63) is 63.1 Å². The second kappa shape index (κ2) is 6.35. The molecule has 6 heteroatoms. The van der Waals surface area contributed by atoms with E-state index in [1.165, 1.54) is 0 Å². The van der Waals surface area contributed by atoms with Gasteiger partial charge in [-0.3, -0.25) is 4.79 Å². The summed E-state index contributed by atoms with van der Waals surface area (Å²) in [7, 11) is 0. The lowest BCUT2D eigenvalue weighted by molar-refractivity contribution is -0.118. The molecule has 0 saturated carbocycles. The van der Waals surface area contributed by atoms with Gasteiger partial charge in [0.25, 0.3) is 0 Å². The topological polar surface area (TPSA) is 55.1 Å². The Bertz CT molecular complexity index is 646. The Balaban J connectivity index is 2.37. The smallest absolute Gasteiger partial charge is 0.244 e. The largest absolute Gasteiger partial charge is 0.370 e. The molecule has 3 nitrogen and oxygen atoms in total. The Morgan fingerprint density at radius 2 is 1.80 bits per heavy atom. The molecule has 0 aliphatic carbocycles. The average molecular weight is 330 g/mol. The summed E-state index contributed by atoms with van der Waals surface area (Å²) < 4.78 is 0. The molecule has 1 atom stereocenters. The summed E-state index contributed by atoms with van der Waals surface area (Å²) in [4.78, 5) is 11.7. The first-order valence-electron chi connectivity index (χ1n) is 5.74. The van der Waals surface area contributed by atoms with Crippen LogP contribution in [0, 0.1) is 0 Å². The first kappa shape index (κ1) is 15.0. The molecule has 2 rings (SSSR count). The first-order chi connectivity index (χ1) is 9.49. The highest BCUT2D eigenvalue weighted by molar-refractivity contribution is 6.42. The Morgan fingerprint density at radius 1 is 1.10 bits per heavy atom. The number of halogens is 3. The van der Waals surface area contributed by atoms with Gasteiger partial charge in [0.15, 0.2) is 0 Å². The third kappa shape index (κ3) is 3.37. The quantitative estimate of drug-likeness (QED) is 0.879. The summed E-state index contributed by atoms with van der Waals surface area (Å²) in [6.07, 6.45) is 0. The van der Waals surface area contributed by atoms with Gasteiger partial charge in [0, 0.05) is 16.3 Å². The fourth-order valence-electron chi connectivity index (χ4n) is 1.79. The van der Waals surface area contributed by atoms with Crippen LogP contribution in [0.2, 0.25) is 15.1 Å². The number of anilines is 1. The Hall–Kier alpha value is -1.42. The third-order valence-corrected chi connectivity index (χ3v) is 3.78. The van der Waals surface area contributed by atoms with Crippen molar-refractivity contribution < 1.29 is 4.79 Å². The van der Waals surface area contributed by atoms with Crippen LogP contribution in [-0.2, 0) is 4.79 Å². The van der Waals surface area contributed by atoms with Gasteiger partial charge in [-0.1, -0.05) is 53.0 Å². The normalized spacial score (nSPS) is 11.9. The van der Waals surface area contributed by atoms with Crippen LogP contribution in [0.5, 0.6) is 0 Å². The van der Waals surface area contributed by atoms with Gasteiger partial charge < -0.3 is 11.1 Å². The van der Waals surface area contributed by atoms with Crippen LogP contribution in [0.1, 0.15) is 11.6 Å². The summed E-state index contributed by atoms with van der Waals surface area (Å²) in [6.45, 7) is 0. The maximum atomic E-state index is 11.7. The molecule has 1 unspecified atom stereocenters. The number of nitrogens with one attached hydrogen (secondary N) is 1. The van der Waals surface area contributed by atoms with E-state index in [9.17, 15) is 4.79 Å². The molecule has 2 aromatic carbocycles. The van der Waals surface area contributed by atoms with E-state index in [4.69, 9.17) is 40.5 Å². The number of primary amides is 1. The zero-order chi connectivity index (χ0) is 14.7. The molecule has 0 bridgehead atoms. The van der Waals surface area contributed by atoms with Crippen LogP contribution < -0.4 is 11.1 Å². The fourth-order valence-corrected chi connectivity index (χ4v) is 2.40. The standard InChI is InChI=1S/C14H11Cl3N2O/c15-8-3-1-4-9(7-8)19-13(14(18)20)10-5-2-6-11(16)12(10)17/h1-7,13,19H,(H2,18,20). The molecule has 0 fully saturated rings. The molecule has 0 saturated heterocycles. The molecule has 1 amide bonds. The summed E-state index contributed by atoms with van der Waals surface area (Å²) in [6, 6.07) is 11.2. The zero-order valence-electron chi connectivity index (χ0n) is 10.2. The second-order valence-corrected chi connectivity index (χ2v) is 5.35. The van der Waals surface area contributed by atoms with Gasteiger partial charge in [0.2, 0.25) is 5.91 Å². The number of amides is 1. The number of hydrogen-bond donors (Lipinski definition) is 2. The van der Waals surface area contributed by atoms with E-state index in [1.54, 1.807) is 42.5 Å². The number of carbonyl (C=O) groups excluding carboxylic acids is 1. The Labute approximate surface area is 131 Å². The molecule has 0 radical (unpaired) electrons. The van der Waals surface area contributed by atoms with Crippen LogP contribution in [0.15, 0.2) is 42.5 Å². The second-order valence-electron chi connectivity index (χ2n) is 4.13. The van der Waals surface area contributed by atoms with E-state index < -0.39 is 11.9 Å². The van der Waals surface area contributed by atoms with Crippen molar-refractivity contribution in [1.29, 1.82) is 0 Å². The number of carbonyl (C=O) groups is 1. The summed E-state index contributed by atoms with van der Waals surface area (Å²) in [5, 5.41) is 4.22. The molecule has 0 aliphatic heterocycles. The third-order valence-electron chi connectivity index (χ3n) is 2.71. The van der Waals surface area contributed by atoms with E-state index in [0.29, 0.717) is 26.3 Å². The Kier molecular flexibility index (Phi) is 4.76. The maximum Gasteiger partial charge on any atom is 0.244 e. The van der Waals surface area contributed by atoms with Crippen LogP contribution in [0.4, 0.5) is 5.69 Å². The van der Waals surface area contributed by atoms with Gasteiger partial charge in [0.1, 0.15) is 6.04 Å². The number of nitrogens with two attached hydrogens (primary N) is 1. The van der Waals surface area contributed by atoms with E-state index in [1.807, 2.05) is 0 Å². The van der Waals surface area contributed by atoms with E-state index in [0.717, 1.165) is 0 Å². The van der Waals surface area contributed by atoms with Crippen molar-refractivity contribution in [2.45, 2.75) is 6.04 Å². The molecule has 20 heavy (non-hydrogen) atoms. The fraction of sp³-hybridized carbons (Fsp3) is 0.0714. The van der Waals surface area contributed by atoms with Crippen LogP contribution in [-0.4, -0.2) is 5.91 Å². The molecule has 2 aromatic rings. The number of benzene rings is 2. The predicted octanol–water partition coefficient (Wildman–Crippen LogP) is 4.29. The summed E-state index contributed by atoms with van der Waals surface area (Å²) in [5.74, 6) is -0.561. The van der Waals surface area contributed by atoms with E-state index in [2.05, 4.69) is 5.32 Å². The molecule has 0 heterocycles. The molecular formula is C14H11Cl3N2O. The lowest BCUT2D eigenvalue weighted by Crippen LogP contribution is -2.28. The monoisotopic (exact) mass is 328 g/mol. The Morgan fingerprint density at radius 3 is 2.45 bits per heavy atom. The molecule has 0 aromatic heterocycles. The van der Waals surface area contributed by atoms with Gasteiger partial charge in [-0.25, -0.2) is 0 Å². The lowest BCUT2D eigenvalue weighted by Gasteiger charge is -2.19. The molecule has 3 N–H and O–H groups in total. The highest BCUT2D eigenvalue weighted by atomic mass is 35.5. The van der Waals surface area contributed by atoms with E-state index >= 15 is 0 Å². The van der Waals surface area contributed by atoms with Gasteiger partial charge in [-0.15, -0.1) is 0 Å². The van der Waals surface area contributed by atoms with E-state index in [-0.39, 0.29) is 0 Å². The first-order valence-corrected chi connectivity index (χ1v) is 6.88. The lowest BCUT2D eigenvalue weighted by atomic mass is 10.1. The SMILES string of the molecule is NC(=O)C(Nc1cccc(Cl)c1)c1cccc(Cl)c1Cl. The van der Waals surface area contributed by atoms with Gasteiger partial charge >= 0.3 is 0 Å². The molecular weight excluding hydrogens is 319 g/mol. The van der Waals surface area contributed by atoms with Crippen molar-refractivity contribution in [3.63, 3.8) is 0 Å². The van der Waals surface area contributed by atoms with Crippen molar-refractivity contribution in [3.8, 4) is 0 Å². The van der Waals surface area contributed by atoms with Crippen molar-refractivity contribution in [1.82, 2.24) is 0 Å².